The molecule has 0 unspecified atom stereocenters. The van der Waals surface area contributed by atoms with E-state index in [2.05, 4.69) is 76.7 Å². The minimum Gasteiger partial charge on any atom is -0.312 e. The maximum Gasteiger partial charge on any atom is 0.297 e. The van der Waals surface area contributed by atoms with Gasteiger partial charge in [0.05, 0.1) is 23.6 Å². The molecule has 2 aromatic heterocycles. The second-order valence-electron chi connectivity index (χ2n) is 9.06. The Balaban J connectivity index is 1.54. The van der Waals surface area contributed by atoms with Crippen molar-refractivity contribution >= 4 is 27.8 Å². The molecular weight excluding hydrogens is 476 g/mol. The van der Waals surface area contributed by atoms with Gasteiger partial charge in [-0.2, -0.15) is 0 Å². The molecule has 0 radical (unpaired) electrons. The Morgan fingerprint density at radius 1 is 0.811 bits per heavy atom. The average Bonchev–Trinajstić information content (AvgIpc) is 3.42. The van der Waals surface area contributed by atoms with Crippen LogP contribution in [-0.4, -0.2) is 13.9 Å². The summed E-state index contributed by atoms with van der Waals surface area (Å²) in [5.74, 6) is 0. The first kappa shape index (κ1) is 23.0. The van der Waals surface area contributed by atoms with Crippen molar-refractivity contribution in [1.82, 2.24) is 13.9 Å². The Kier molecular flexibility index (Phi) is 5.94. The highest BCUT2D eigenvalue weighted by Gasteiger charge is 2.17. The van der Waals surface area contributed by atoms with E-state index in [1.165, 1.54) is 16.3 Å². The molecule has 0 atom stereocenters. The van der Waals surface area contributed by atoms with Gasteiger partial charge in [0.1, 0.15) is 0 Å². The van der Waals surface area contributed by atoms with Crippen molar-refractivity contribution in [2.45, 2.75) is 13.5 Å². The quantitative estimate of drug-likeness (QED) is 0.267. The van der Waals surface area contributed by atoms with Crippen LogP contribution in [-0.2, 0) is 13.6 Å². The van der Waals surface area contributed by atoms with E-state index in [-0.39, 0.29) is 5.56 Å². The molecule has 0 fully saturated rings. The van der Waals surface area contributed by atoms with Gasteiger partial charge in [-0.25, -0.2) is 9.67 Å². The Morgan fingerprint density at radius 3 is 2.24 bits per heavy atom. The first-order chi connectivity index (χ1) is 18.1. The van der Waals surface area contributed by atoms with E-state index >= 15 is 0 Å². The number of hydrogen-bond donors (Lipinski definition) is 0. The third-order valence-electron chi connectivity index (χ3n) is 6.76. The molecular formula is C31H26N4OS. The zero-order valence-electron chi connectivity index (χ0n) is 20.7. The predicted molar refractivity (Wildman–Crippen MR) is 152 cm³/mol. The second-order valence-corrected chi connectivity index (χ2v) is 9.90. The van der Waals surface area contributed by atoms with Crippen LogP contribution in [0.1, 0.15) is 11.3 Å². The fourth-order valence-electron chi connectivity index (χ4n) is 4.70. The highest BCUT2D eigenvalue weighted by molar-refractivity contribution is 7.07. The van der Waals surface area contributed by atoms with Gasteiger partial charge in [0.25, 0.3) is 5.56 Å². The fraction of sp³-hybridized carbons (Fsp3) is 0.0968. The Hall–Kier alpha value is -4.42. The van der Waals surface area contributed by atoms with E-state index in [4.69, 9.17) is 4.99 Å². The van der Waals surface area contributed by atoms with Crippen molar-refractivity contribution < 1.29 is 0 Å². The van der Waals surface area contributed by atoms with Crippen molar-refractivity contribution in [3.8, 4) is 16.9 Å². The van der Waals surface area contributed by atoms with Gasteiger partial charge >= 0.3 is 0 Å². The molecule has 4 aromatic carbocycles. The molecule has 0 bridgehead atoms. The lowest BCUT2D eigenvalue weighted by Crippen LogP contribution is -2.20. The van der Waals surface area contributed by atoms with Gasteiger partial charge in [-0.15, -0.1) is 11.3 Å². The summed E-state index contributed by atoms with van der Waals surface area (Å²) >= 11 is 1.56. The van der Waals surface area contributed by atoms with Crippen molar-refractivity contribution in [3.05, 3.63) is 135 Å². The molecule has 0 aliphatic rings. The third kappa shape index (κ3) is 4.26. The van der Waals surface area contributed by atoms with E-state index in [0.29, 0.717) is 12.2 Å². The molecule has 6 aromatic rings. The number of nitrogens with zero attached hydrogens (tertiary/aromatic N) is 4. The Bertz CT molecular complexity index is 1840. The van der Waals surface area contributed by atoms with Crippen LogP contribution >= 0.6 is 11.3 Å². The van der Waals surface area contributed by atoms with Crippen LogP contribution in [0.4, 0.5) is 5.69 Å². The van der Waals surface area contributed by atoms with Crippen molar-refractivity contribution in [3.63, 3.8) is 0 Å². The van der Waals surface area contributed by atoms with Crippen LogP contribution in [0.2, 0.25) is 0 Å². The molecule has 0 N–H and O–H groups in total. The molecule has 6 rings (SSSR count). The van der Waals surface area contributed by atoms with Gasteiger partial charge in [0.15, 0.2) is 10.5 Å². The summed E-state index contributed by atoms with van der Waals surface area (Å²) in [7, 11) is 1.90. The van der Waals surface area contributed by atoms with Crippen molar-refractivity contribution in [1.29, 1.82) is 0 Å². The molecule has 0 saturated carbocycles. The fourth-order valence-corrected chi connectivity index (χ4v) is 5.61. The summed E-state index contributed by atoms with van der Waals surface area (Å²) < 4.78 is 5.76. The average molecular weight is 503 g/mol. The Morgan fingerprint density at radius 2 is 1.49 bits per heavy atom. The van der Waals surface area contributed by atoms with E-state index in [1.807, 2.05) is 55.1 Å². The molecule has 0 aliphatic carbocycles. The summed E-state index contributed by atoms with van der Waals surface area (Å²) in [6, 6.07) is 35.0. The standard InChI is InChI=1S/C31H26N4OS/c1-22-29(30(36)35(33(22)2)27-15-7-4-8-16-27)32-31-34(20-23-11-5-3-6-12-23)28(21-37-31)26-18-17-24-13-9-10-14-25(24)19-26/h3-19,21H,20H2,1-2H3. The first-order valence-corrected chi connectivity index (χ1v) is 13.1. The number of benzene rings is 4. The van der Waals surface area contributed by atoms with Gasteiger partial charge in [-0.3, -0.25) is 9.48 Å². The zero-order chi connectivity index (χ0) is 25.4. The molecule has 6 heteroatoms. The number of rotatable bonds is 5. The molecule has 182 valence electrons. The molecule has 2 heterocycles. The summed E-state index contributed by atoms with van der Waals surface area (Å²) in [5.41, 5.74) is 5.35. The van der Waals surface area contributed by atoms with Gasteiger partial charge in [-0.05, 0) is 47.0 Å². The molecule has 37 heavy (non-hydrogen) atoms. The highest BCUT2D eigenvalue weighted by atomic mass is 32.1. The maximum atomic E-state index is 13.6. The minimum absolute atomic E-state index is 0.127. The van der Waals surface area contributed by atoms with E-state index in [1.54, 1.807) is 16.0 Å². The third-order valence-corrected chi connectivity index (χ3v) is 7.62. The van der Waals surface area contributed by atoms with Crippen molar-refractivity contribution in [2.75, 3.05) is 0 Å². The molecule has 0 aliphatic heterocycles. The van der Waals surface area contributed by atoms with Crippen LogP contribution in [0.25, 0.3) is 27.7 Å². The van der Waals surface area contributed by atoms with Crippen LogP contribution < -0.4 is 10.4 Å². The SMILES string of the molecule is Cc1c(N=c2scc(-c3ccc4ccccc4c3)n2Cc2ccccc2)c(=O)n(-c2ccccc2)n1C. The normalized spacial score (nSPS) is 11.9. The monoisotopic (exact) mass is 502 g/mol. The van der Waals surface area contributed by atoms with Gasteiger partial charge in [0.2, 0.25) is 0 Å². The van der Waals surface area contributed by atoms with E-state index in [9.17, 15) is 4.79 Å². The lowest BCUT2D eigenvalue weighted by Gasteiger charge is -2.10. The molecule has 0 amide bonds. The topological polar surface area (TPSA) is 44.2 Å². The number of aromatic nitrogens is 3. The van der Waals surface area contributed by atoms with Gasteiger partial charge in [0, 0.05) is 12.4 Å². The van der Waals surface area contributed by atoms with E-state index in [0.717, 1.165) is 27.4 Å². The minimum atomic E-state index is -0.127. The number of hydrogen-bond acceptors (Lipinski definition) is 3. The van der Waals surface area contributed by atoms with Gasteiger partial charge < -0.3 is 4.57 Å². The number of thiazole rings is 1. The predicted octanol–water partition coefficient (Wildman–Crippen LogP) is 6.45. The van der Waals surface area contributed by atoms with Crippen molar-refractivity contribution in [2.24, 2.45) is 12.0 Å². The largest absolute Gasteiger partial charge is 0.312 e. The van der Waals surface area contributed by atoms with Crippen LogP contribution in [0.3, 0.4) is 0 Å². The lowest BCUT2D eigenvalue weighted by molar-refractivity contribution is 0.630. The van der Waals surface area contributed by atoms with Crippen LogP contribution in [0.5, 0.6) is 0 Å². The number of fused-ring (bicyclic) bond motifs is 1. The van der Waals surface area contributed by atoms with Crippen LogP contribution in [0, 0.1) is 6.92 Å². The smallest absolute Gasteiger partial charge is 0.297 e. The lowest BCUT2D eigenvalue weighted by atomic mass is 10.1. The summed E-state index contributed by atoms with van der Waals surface area (Å²) in [5, 5.41) is 4.54. The molecule has 0 spiro atoms. The zero-order valence-corrected chi connectivity index (χ0v) is 21.5. The molecule has 5 nitrogen and oxygen atoms in total. The molecule has 0 saturated heterocycles. The second kappa shape index (κ2) is 9.56. The van der Waals surface area contributed by atoms with E-state index < -0.39 is 0 Å². The summed E-state index contributed by atoms with van der Waals surface area (Å²) in [4.78, 5) is 19.3. The first-order valence-electron chi connectivity index (χ1n) is 12.2. The Labute approximate surface area is 218 Å². The number of para-hydroxylation sites is 1. The summed E-state index contributed by atoms with van der Waals surface area (Å²) in [6.07, 6.45) is 0. The highest BCUT2D eigenvalue weighted by Crippen LogP contribution is 2.26. The maximum absolute atomic E-state index is 13.6. The van der Waals surface area contributed by atoms with Gasteiger partial charge in [-0.1, -0.05) is 84.9 Å². The van der Waals surface area contributed by atoms with Crippen LogP contribution in [0.15, 0.2) is 118 Å². The summed E-state index contributed by atoms with van der Waals surface area (Å²) in [6.45, 7) is 2.60.